The van der Waals surface area contributed by atoms with Gasteiger partial charge in [-0.05, 0) is 50.0 Å². The van der Waals surface area contributed by atoms with Crippen LogP contribution < -0.4 is 5.32 Å². The summed E-state index contributed by atoms with van der Waals surface area (Å²) in [5, 5.41) is 12.4. The number of likely N-dealkylation sites (tertiary alicyclic amines) is 1. The van der Waals surface area contributed by atoms with Crippen molar-refractivity contribution in [3.8, 4) is 0 Å². The van der Waals surface area contributed by atoms with Crippen molar-refractivity contribution in [1.29, 1.82) is 0 Å². The van der Waals surface area contributed by atoms with Gasteiger partial charge in [0.15, 0.2) is 0 Å². The van der Waals surface area contributed by atoms with Crippen molar-refractivity contribution in [3.63, 3.8) is 0 Å². The van der Waals surface area contributed by atoms with Gasteiger partial charge < -0.3 is 15.3 Å². The topological polar surface area (TPSA) is 52.6 Å². The van der Waals surface area contributed by atoms with Crippen LogP contribution in [0.2, 0.25) is 0 Å². The number of amides is 1. The summed E-state index contributed by atoms with van der Waals surface area (Å²) in [5.74, 6) is -1.46. The Hall–Kier alpha value is -1.53. The molecule has 1 atom stereocenters. The molecule has 0 saturated carbocycles. The van der Waals surface area contributed by atoms with Crippen molar-refractivity contribution < 1.29 is 18.7 Å². The van der Waals surface area contributed by atoms with Gasteiger partial charge in [-0.1, -0.05) is 6.92 Å². The molecule has 1 aromatic rings. The Kier molecular flexibility index (Phi) is 5.85. The first-order valence-electron chi connectivity index (χ1n) is 7.59. The molecule has 6 heteroatoms. The van der Waals surface area contributed by atoms with Crippen LogP contribution in [0.5, 0.6) is 0 Å². The molecule has 2 rings (SSSR count). The van der Waals surface area contributed by atoms with Gasteiger partial charge in [-0.2, -0.15) is 0 Å². The maximum absolute atomic E-state index is 13.5. The molecular formula is C16H22F2N2O2. The first kappa shape index (κ1) is 16.8. The molecule has 1 fully saturated rings. The predicted molar refractivity (Wildman–Crippen MR) is 79.5 cm³/mol. The molecule has 0 spiro atoms. The third-order valence-corrected chi connectivity index (χ3v) is 4.02. The molecule has 0 aromatic heterocycles. The van der Waals surface area contributed by atoms with Gasteiger partial charge in [-0.25, -0.2) is 8.78 Å². The number of aliphatic hydroxyl groups is 1. The number of carbonyl (C=O) groups is 1. The minimum absolute atomic E-state index is 0.0147. The lowest BCUT2D eigenvalue weighted by atomic mass is 9.99. The number of halogens is 2. The molecule has 1 unspecified atom stereocenters. The van der Waals surface area contributed by atoms with Crippen LogP contribution in [0.15, 0.2) is 18.2 Å². The monoisotopic (exact) mass is 312 g/mol. The molecule has 1 amide bonds. The summed E-state index contributed by atoms with van der Waals surface area (Å²) in [7, 11) is 0. The molecule has 0 aliphatic carbocycles. The average molecular weight is 312 g/mol. The molecule has 0 radical (unpaired) electrons. The van der Waals surface area contributed by atoms with Gasteiger partial charge in [-0.3, -0.25) is 4.79 Å². The molecule has 1 aliphatic heterocycles. The number of rotatable bonds is 5. The number of aliphatic hydroxyl groups excluding tert-OH is 1. The van der Waals surface area contributed by atoms with Crippen molar-refractivity contribution in [2.45, 2.75) is 25.9 Å². The highest BCUT2D eigenvalue weighted by molar-refractivity contribution is 5.94. The summed E-state index contributed by atoms with van der Waals surface area (Å²) < 4.78 is 26.5. The maximum atomic E-state index is 13.5. The van der Waals surface area contributed by atoms with E-state index in [4.69, 9.17) is 0 Å². The Labute approximate surface area is 129 Å². The Morgan fingerprint density at radius 3 is 2.77 bits per heavy atom. The standard InChI is InChI=1S/C16H22F2N2O2/c1-11-4-6-20(7-5-11)10-13(21)9-19-16(22)14-8-12(17)2-3-15(14)18/h2-3,8,11,13,21H,4-7,9-10H2,1H3,(H,19,22). The normalized spacial score (nSPS) is 18.2. The molecule has 0 bridgehead atoms. The third kappa shape index (κ3) is 4.74. The van der Waals surface area contributed by atoms with E-state index in [0.29, 0.717) is 12.5 Å². The van der Waals surface area contributed by atoms with Gasteiger partial charge >= 0.3 is 0 Å². The lowest BCUT2D eigenvalue weighted by Gasteiger charge is -2.31. The van der Waals surface area contributed by atoms with Gasteiger partial charge in [0, 0.05) is 13.1 Å². The van der Waals surface area contributed by atoms with Crippen LogP contribution in [-0.4, -0.2) is 48.2 Å². The van der Waals surface area contributed by atoms with Crippen LogP contribution in [0.4, 0.5) is 8.78 Å². The number of β-amino-alcohol motifs (C(OH)–C–C–N with tert-alkyl or cyclic N) is 1. The van der Waals surface area contributed by atoms with Crippen molar-refractivity contribution >= 4 is 5.91 Å². The zero-order valence-corrected chi connectivity index (χ0v) is 12.7. The van der Waals surface area contributed by atoms with E-state index in [-0.39, 0.29) is 12.1 Å². The quantitative estimate of drug-likeness (QED) is 0.871. The second-order valence-electron chi connectivity index (χ2n) is 5.97. The van der Waals surface area contributed by atoms with Crippen LogP contribution in [0.3, 0.4) is 0 Å². The number of hydrogen-bond acceptors (Lipinski definition) is 3. The van der Waals surface area contributed by atoms with Gasteiger partial charge in [0.05, 0.1) is 11.7 Å². The number of hydrogen-bond donors (Lipinski definition) is 2. The lowest BCUT2D eigenvalue weighted by Crippen LogP contribution is -2.43. The van der Waals surface area contributed by atoms with Crippen LogP contribution in [0, 0.1) is 17.6 Å². The van der Waals surface area contributed by atoms with E-state index in [1.54, 1.807) is 0 Å². The summed E-state index contributed by atoms with van der Waals surface area (Å²) in [4.78, 5) is 14.0. The SMILES string of the molecule is CC1CCN(CC(O)CNC(=O)c2cc(F)ccc2F)CC1. The van der Waals surface area contributed by atoms with E-state index in [2.05, 4.69) is 17.1 Å². The average Bonchev–Trinajstić information content (AvgIpc) is 2.49. The van der Waals surface area contributed by atoms with Crippen molar-refractivity contribution in [1.82, 2.24) is 10.2 Å². The van der Waals surface area contributed by atoms with Crippen LogP contribution >= 0.6 is 0 Å². The second-order valence-corrected chi connectivity index (χ2v) is 5.97. The van der Waals surface area contributed by atoms with Crippen LogP contribution in [0.1, 0.15) is 30.1 Å². The predicted octanol–water partition coefficient (Wildman–Crippen LogP) is 1.79. The second kappa shape index (κ2) is 7.65. The van der Waals surface area contributed by atoms with Gasteiger partial charge in [-0.15, -0.1) is 0 Å². The number of nitrogens with one attached hydrogen (secondary N) is 1. The Morgan fingerprint density at radius 2 is 2.09 bits per heavy atom. The molecule has 4 nitrogen and oxygen atoms in total. The zero-order chi connectivity index (χ0) is 16.1. The van der Waals surface area contributed by atoms with Gasteiger partial charge in [0.2, 0.25) is 0 Å². The van der Waals surface area contributed by atoms with E-state index in [1.165, 1.54) is 0 Å². The lowest BCUT2D eigenvalue weighted by molar-refractivity contribution is 0.0793. The maximum Gasteiger partial charge on any atom is 0.254 e. The minimum atomic E-state index is -0.779. The highest BCUT2D eigenvalue weighted by atomic mass is 19.1. The first-order chi connectivity index (χ1) is 10.5. The number of nitrogens with zero attached hydrogens (tertiary/aromatic N) is 1. The molecule has 1 aromatic carbocycles. The number of piperidine rings is 1. The number of benzene rings is 1. The first-order valence-corrected chi connectivity index (χ1v) is 7.59. The fourth-order valence-electron chi connectivity index (χ4n) is 2.58. The van der Waals surface area contributed by atoms with E-state index < -0.39 is 23.6 Å². The smallest absolute Gasteiger partial charge is 0.254 e. The summed E-state index contributed by atoms with van der Waals surface area (Å²) in [5.41, 5.74) is -0.348. The molecule has 1 heterocycles. The fourth-order valence-corrected chi connectivity index (χ4v) is 2.58. The van der Waals surface area contributed by atoms with E-state index in [1.807, 2.05) is 0 Å². The van der Waals surface area contributed by atoms with E-state index in [0.717, 1.165) is 44.1 Å². The van der Waals surface area contributed by atoms with Crippen LogP contribution in [-0.2, 0) is 0 Å². The minimum Gasteiger partial charge on any atom is -0.390 e. The van der Waals surface area contributed by atoms with Gasteiger partial charge in [0.25, 0.3) is 5.91 Å². The highest BCUT2D eigenvalue weighted by Crippen LogP contribution is 2.16. The summed E-state index contributed by atoms with van der Waals surface area (Å²) in [6, 6.07) is 2.72. The Morgan fingerprint density at radius 1 is 1.41 bits per heavy atom. The molecule has 122 valence electrons. The Bertz CT molecular complexity index is 517. The Balaban J connectivity index is 1.79. The molecule has 1 aliphatic rings. The third-order valence-electron chi connectivity index (χ3n) is 4.02. The molecule has 22 heavy (non-hydrogen) atoms. The van der Waals surface area contributed by atoms with Crippen molar-refractivity contribution in [3.05, 3.63) is 35.4 Å². The highest BCUT2D eigenvalue weighted by Gasteiger charge is 2.19. The van der Waals surface area contributed by atoms with Gasteiger partial charge in [0.1, 0.15) is 11.6 Å². The fraction of sp³-hybridized carbons (Fsp3) is 0.562. The van der Waals surface area contributed by atoms with E-state index >= 15 is 0 Å². The van der Waals surface area contributed by atoms with Crippen molar-refractivity contribution in [2.75, 3.05) is 26.2 Å². The summed E-state index contributed by atoms with van der Waals surface area (Å²) in [6.45, 7) is 4.57. The molecular weight excluding hydrogens is 290 g/mol. The molecule has 1 saturated heterocycles. The summed E-state index contributed by atoms with van der Waals surface area (Å²) in [6.07, 6.45) is 1.48. The largest absolute Gasteiger partial charge is 0.390 e. The molecule has 2 N–H and O–H groups in total. The van der Waals surface area contributed by atoms with Crippen LogP contribution in [0.25, 0.3) is 0 Å². The number of carbonyl (C=O) groups excluding carboxylic acids is 1. The zero-order valence-electron chi connectivity index (χ0n) is 12.7. The van der Waals surface area contributed by atoms with E-state index in [9.17, 15) is 18.7 Å². The summed E-state index contributed by atoms with van der Waals surface area (Å²) >= 11 is 0. The van der Waals surface area contributed by atoms with Crippen molar-refractivity contribution in [2.24, 2.45) is 5.92 Å².